The molecule has 1 aromatic rings. The Morgan fingerprint density at radius 3 is 2.79 bits per heavy atom. The van der Waals surface area contributed by atoms with Crippen LogP contribution in [0.3, 0.4) is 0 Å². The third kappa shape index (κ3) is 3.67. The maximum Gasteiger partial charge on any atom is 0.124 e. The molecule has 0 amide bonds. The molecular weight excluding hydrogens is 304 g/mol. The summed E-state index contributed by atoms with van der Waals surface area (Å²) >= 11 is 0. The van der Waals surface area contributed by atoms with Crippen LogP contribution < -0.4 is 0 Å². The Morgan fingerprint density at radius 1 is 1.12 bits per heavy atom. The molecule has 134 valence electrons. The van der Waals surface area contributed by atoms with Crippen LogP contribution in [-0.4, -0.2) is 76.9 Å². The Hall–Kier alpha value is -0.950. The van der Waals surface area contributed by atoms with Gasteiger partial charge < -0.3 is 14.8 Å². The number of aryl methyl sites for hydroxylation is 2. The molecule has 0 bridgehead atoms. The average Bonchev–Trinajstić information content (AvgIpc) is 3.21. The summed E-state index contributed by atoms with van der Waals surface area (Å²) in [6, 6.07) is 0.356. The molecule has 6 heteroatoms. The van der Waals surface area contributed by atoms with Gasteiger partial charge in [0.15, 0.2) is 0 Å². The summed E-state index contributed by atoms with van der Waals surface area (Å²) < 4.78 is 5.38. The number of aromatic nitrogens is 2. The van der Waals surface area contributed by atoms with E-state index in [1.165, 1.54) is 30.7 Å². The molecule has 6 nitrogen and oxygen atoms in total. The van der Waals surface area contributed by atoms with Gasteiger partial charge in [0.25, 0.3) is 0 Å². The molecule has 0 spiro atoms. The third-order valence-electron chi connectivity index (χ3n) is 5.67. The van der Waals surface area contributed by atoms with E-state index in [-0.39, 0.29) is 6.10 Å². The molecule has 1 aliphatic carbocycles. The van der Waals surface area contributed by atoms with Gasteiger partial charge in [-0.3, -0.25) is 9.80 Å². The minimum atomic E-state index is -0.298. The van der Waals surface area contributed by atoms with Crippen LogP contribution in [0.1, 0.15) is 48.9 Å². The van der Waals surface area contributed by atoms with Crippen molar-refractivity contribution < 1.29 is 9.84 Å². The summed E-state index contributed by atoms with van der Waals surface area (Å²) in [6.45, 7) is 6.01. The number of aliphatic hydroxyl groups is 1. The van der Waals surface area contributed by atoms with Gasteiger partial charge in [-0.15, -0.1) is 0 Å². The van der Waals surface area contributed by atoms with Crippen LogP contribution in [0.5, 0.6) is 0 Å². The number of morpholine rings is 1. The number of imidazole rings is 1. The zero-order valence-electron chi connectivity index (χ0n) is 14.5. The molecule has 0 radical (unpaired) electrons. The van der Waals surface area contributed by atoms with Crippen LogP contribution in [0.4, 0.5) is 0 Å². The summed E-state index contributed by atoms with van der Waals surface area (Å²) in [7, 11) is 0. The van der Waals surface area contributed by atoms with Crippen LogP contribution in [0.25, 0.3) is 0 Å². The van der Waals surface area contributed by atoms with E-state index in [2.05, 4.69) is 14.8 Å². The first-order valence-corrected chi connectivity index (χ1v) is 9.59. The van der Waals surface area contributed by atoms with E-state index < -0.39 is 0 Å². The average molecular weight is 334 g/mol. The second-order valence-corrected chi connectivity index (χ2v) is 7.47. The summed E-state index contributed by atoms with van der Waals surface area (Å²) in [5, 5.41) is 10.5. The third-order valence-corrected chi connectivity index (χ3v) is 5.67. The lowest BCUT2D eigenvalue weighted by Gasteiger charge is -2.31. The molecule has 0 saturated carbocycles. The van der Waals surface area contributed by atoms with Crippen LogP contribution in [0.15, 0.2) is 0 Å². The topological polar surface area (TPSA) is 64.6 Å². The highest BCUT2D eigenvalue weighted by molar-refractivity contribution is 5.19. The van der Waals surface area contributed by atoms with Crippen molar-refractivity contribution in [3.8, 4) is 0 Å². The Balaban J connectivity index is 1.36. The first kappa shape index (κ1) is 16.5. The van der Waals surface area contributed by atoms with Crippen molar-refractivity contribution in [3.05, 3.63) is 17.2 Å². The molecule has 2 aliphatic heterocycles. The Morgan fingerprint density at radius 2 is 1.96 bits per heavy atom. The van der Waals surface area contributed by atoms with Crippen molar-refractivity contribution in [2.75, 3.05) is 45.9 Å². The Kier molecular flexibility index (Phi) is 5.17. The number of nitrogens with one attached hydrogen (secondary N) is 1. The van der Waals surface area contributed by atoms with Gasteiger partial charge in [0.05, 0.1) is 31.1 Å². The van der Waals surface area contributed by atoms with Gasteiger partial charge in [0.1, 0.15) is 5.82 Å². The zero-order valence-corrected chi connectivity index (χ0v) is 14.5. The van der Waals surface area contributed by atoms with E-state index >= 15 is 0 Å². The smallest absolute Gasteiger partial charge is 0.124 e. The van der Waals surface area contributed by atoms with Gasteiger partial charge in [-0.2, -0.15) is 0 Å². The number of hydrogen-bond acceptors (Lipinski definition) is 5. The van der Waals surface area contributed by atoms with Crippen molar-refractivity contribution >= 4 is 0 Å². The number of aromatic amines is 1. The van der Waals surface area contributed by atoms with E-state index in [4.69, 9.17) is 9.72 Å². The van der Waals surface area contributed by atoms with Crippen LogP contribution in [-0.2, 0) is 17.6 Å². The molecule has 2 fully saturated rings. The molecule has 2 N–H and O–H groups in total. The van der Waals surface area contributed by atoms with Gasteiger partial charge in [0, 0.05) is 31.9 Å². The zero-order chi connectivity index (χ0) is 16.4. The highest BCUT2D eigenvalue weighted by Crippen LogP contribution is 2.32. The first-order chi connectivity index (χ1) is 11.8. The number of H-pyrrole nitrogens is 1. The SMILES string of the molecule is OC(CN1CCOCC1)CN1CCCC1c1nc2c([nH]1)CCCC2. The predicted molar refractivity (Wildman–Crippen MR) is 92.0 cm³/mol. The molecule has 2 atom stereocenters. The van der Waals surface area contributed by atoms with Crippen molar-refractivity contribution in [3.63, 3.8) is 0 Å². The van der Waals surface area contributed by atoms with Crippen molar-refractivity contribution in [2.24, 2.45) is 0 Å². The molecular formula is C18H30N4O2. The fourth-order valence-electron chi connectivity index (χ4n) is 4.40. The highest BCUT2D eigenvalue weighted by Gasteiger charge is 2.31. The molecule has 2 unspecified atom stereocenters. The highest BCUT2D eigenvalue weighted by atomic mass is 16.5. The largest absolute Gasteiger partial charge is 0.390 e. The van der Waals surface area contributed by atoms with Crippen molar-refractivity contribution in [2.45, 2.75) is 50.7 Å². The Labute approximate surface area is 144 Å². The van der Waals surface area contributed by atoms with Crippen molar-refractivity contribution in [1.29, 1.82) is 0 Å². The molecule has 3 heterocycles. The van der Waals surface area contributed by atoms with Crippen molar-refractivity contribution in [1.82, 2.24) is 19.8 Å². The molecule has 0 aromatic carbocycles. The standard InChI is InChI=1S/C18H30N4O2/c23-14(12-21-8-10-24-11-9-21)13-22-7-3-6-17(22)18-19-15-4-1-2-5-16(15)20-18/h14,17,23H,1-13H2,(H,19,20). The normalized spacial score (nSPS) is 27.3. The van der Waals surface area contributed by atoms with E-state index in [1.807, 2.05) is 0 Å². The first-order valence-electron chi connectivity index (χ1n) is 9.59. The second kappa shape index (κ2) is 7.52. The van der Waals surface area contributed by atoms with Gasteiger partial charge in [-0.05, 0) is 45.1 Å². The summed E-state index contributed by atoms with van der Waals surface area (Å²) in [5.74, 6) is 1.14. The number of rotatable bonds is 5. The van der Waals surface area contributed by atoms with E-state index in [1.54, 1.807) is 0 Å². The predicted octanol–water partition coefficient (Wildman–Crippen LogP) is 1.12. The summed E-state index contributed by atoms with van der Waals surface area (Å²) in [6.07, 6.45) is 6.86. The minimum absolute atomic E-state index is 0.298. The number of fused-ring (bicyclic) bond motifs is 1. The van der Waals surface area contributed by atoms with Gasteiger partial charge in [-0.1, -0.05) is 0 Å². The number of hydrogen-bond donors (Lipinski definition) is 2. The lowest BCUT2D eigenvalue weighted by molar-refractivity contribution is 0.00562. The quantitative estimate of drug-likeness (QED) is 0.845. The number of nitrogens with zero attached hydrogens (tertiary/aromatic N) is 3. The monoisotopic (exact) mass is 334 g/mol. The van der Waals surface area contributed by atoms with E-state index in [0.717, 1.165) is 71.0 Å². The van der Waals surface area contributed by atoms with Gasteiger partial charge in [0.2, 0.25) is 0 Å². The lowest BCUT2D eigenvalue weighted by Crippen LogP contribution is -2.44. The maximum atomic E-state index is 10.5. The number of aliphatic hydroxyl groups excluding tert-OH is 1. The van der Waals surface area contributed by atoms with E-state index in [9.17, 15) is 5.11 Å². The van der Waals surface area contributed by atoms with Crippen LogP contribution in [0.2, 0.25) is 0 Å². The molecule has 24 heavy (non-hydrogen) atoms. The maximum absolute atomic E-state index is 10.5. The summed E-state index contributed by atoms with van der Waals surface area (Å²) in [5.41, 5.74) is 2.65. The fourth-order valence-corrected chi connectivity index (χ4v) is 4.40. The fraction of sp³-hybridized carbons (Fsp3) is 0.833. The molecule has 1 aromatic heterocycles. The minimum Gasteiger partial charge on any atom is -0.390 e. The number of β-amino-alcohol motifs (C(OH)–C–C–N with tert-alkyl or cyclic N) is 1. The van der Waals surface area contributed by atoms with Gasteiger partial charge >= 0.3 is 0 Å². The molecule has 2 saturated heterocycles. The van der Waals surface area contributed by atoms with Crippen LogP contribution >= 0.6 is 0 Å². The lowest BCUT2D eigenvalue weighted by atomic mass is 10.0. The van der Waals surface area contributed by atoms with Crippen LogP contribution in [0, 0.1) is 0 Å². The number of likely N-dealkylation sites (tertiary alicyclic amines) is 1. The molecule has 4 rings (SSSR count). The summed E-state index contributed by atoms with van der Waals surface area (Å²) in [4.78, 5) is 13.2. The van der Waals surface area contributed by atoms with Gasteiger partial charge in [-0.25, -0.2) is 4.98 Å². The second-order valence-electron chi connectivity index (χ2n) is 7.47. The van der Waals surface area contributed by atoms with E-state index in [0.29, 0.717) is 6.04 Å². The molecule has 3 aliphatic rings. The number of ether oxygens (including phenoxy) is 1. The Bertz CT molecular complexity index is 518.